The normalized spacial score (nSPS) is 10.6. The van der Waals surface area contributed by atoms with Gasteiger partial charge in [-0.05, 0) is 67.8 Å². The number of anilines is 2. The zero-order valence-electron chi connectivity index (χ0n) is 17.8. The van der Waals surface area contributed by atoms with Crippen molar-refractivity contribution in [2.24, 2.45) is 0 Å². The van der Waals surface area contributed by atoms with Gasteiger partial charge in [0.25, 0.3) is 0 Å². The van der Waals surface area contributed by atoms with E-state index < -0.39 is 0 Å². The third-order valence-corrected chi connectivity index (χ3v) is 5.01. The number of nitrogens with zero attached hydrogens (tertiary/aromatic N) is 4. The van der Waals surface area contributed by atoms with Crippen molar-refractivity contribution in [3.05, 3.63) is 84.2 Å². The molecule has 4 aromatic heterocycles. The van der Waals surface area contributed by atoms with Crippen molar-refractivity contribution in [2.45, 2.75) is 19.3 Å². The van der Waals surface area contributed by atoms with Crippen molar-refractivity contribution in [1.82, 2.24) is 19.9 Å². The summed E-state index contributed by atoms with van der Waals surface area (Å²) in [5, 5.41) is 6.15. The van der Waals surface area contributed by atoms with E-state index in [1.165, 1.54) is 0 Å². The third-order valence-electron chi connectivity index (χ3n) is 5.01. The van der Waals surface area contributed by atoms with Crippen LogP contribution in [0, 0.1) is 0 Å². The molecule has 6 heteroatoms. The first-order chi connectivity index (χ1) is 15.2. The standard InChI is InChI=1S/C25H26N6/c1-26-24-16-6-14-22(30-24)20-12-4-10-18(28-20)8-3-9-19-11-5-13-21(29-19)23-15-7-17-25(27-2)31-23/h4-7,10-17H,3,8-9H2,1-2H3,(H,26,30)(H,27,31). The molecule has 0 aliphatic heterocycles. The van der Waals surface area contributed by atoms with E-state index in [9.17, 15) is 0 Å². The summed E-state index contributed by atoms with van der Waals surface area (Å²) in [6.45, 7) is 0. The van der Waals surface area contributed by atoms with Crippen LogP contribution in [0.2, 0.25) is 0 Å². The molecule has 0 amide bonds. The summed E-state index contributed by atoms with van der Waals surface area (Å²) in [5.74, 6) is 1.68. The maximum Gasteiger partial charge on any atom is 0.126 e. The van der Waals surface area contributed by atoms with Crippen LogP contribution >= 0.6 is 0 Å². The number of aryl methyl sites for hydroxylation is 2. The molecule has 4 rings (SSSR count). The second-order valence-corrected chi connectivity index (χ2v) is 7.20. The van der Waals surface area contributed by atoms with Crippen LogP contribution in [0.3, 0.4) is 0 Å². The molecule has 6 nitrogen and oxygen atoms in total. The van der Waals surface area contributed by atoms with Crippen molar-refractivity contribution < 1.29 is 0 Å². The first kappa shape index (κ1) is 20.5. The minimum atomic E-state index is 0.838. The van der Waals surface area contributed by atoms with E-state index >= 15 is 0 Å². The summed E-state index contributed by atoms with van der Waals surface area (Å²) in [6, 6.07) is 24.1. The van der Waals surface area contributed by atoms with E-state index in [1.54, 1.807) is 0 Å². The molecule has 156 valence electrons. The lowest BCUT2D eigenvalue weighted by Crippen LogP contribution is -1.99. The number of aromatic nitrogens is 4. The Hall–Kier alpha value is -3.80. The molecule has 4 aromatic rings. The largest absolute Gasteiger partial charge is 0.373 e. The summed E-state index contributed by atoms with van der Waals surface area (Å²) >= 11 is 0. The Bertz CT molecular complexity index is 1070. The molecule has 0 fully saturated rings. The first-order valence-electron chi connectivity index (χ1n) is 10.5. The molecule has 0 saturated heterocycles. The predicted molar refractivity (Wildman–Crippen MR) is 126 cm³/mol. The summed E-state index contributed by atoms with van der Waals surface area (Å²) in [7, 11) is 3.74. The quantitative estimate of drug-likeness (QED) is 0.432. The van der Waals surface area contributed by atoms with Gasteiger partial charge in [0.2, 0.25) is 0 Å². The first-order valence-corrected chi connectivity index (χ1v) is 10.5. The van der Waals surface area contributed by atoms with Crippen molar-refractivity contribution in [3.63, 3.8) is 0 Å². The summed E-state index contributed by atoms with van der Waals surface area (Å²) < 4.78 is 0. The molecule has 0 aliphatic rings. The van der Waals surface area contributed by atoms with Crippen LogP contribution in [0.1, 0.15) is 17.8 Å². The molecule has 31 heavy (non-hydrogen) atoms. The van der Waals surface area contributed by atoms with Gasteiger partial charge in [0.1, 0.15) is 11.6 Å². The molecule has 0 spiro atoms. The van der Waals surface area contributed by atoms with Crippen LogP contribution in [0.25, 0.3) is 22.8 Å². The molecule has 0 radical (unpaired) electrons. The Labute approximate surface area is 182 Å². The number of hydrogen-bond acceptors (Lipinski definition) is 6. The van der Waals surface area contributed by atoms with Crippen molar-refractivity contribution >= 4 is 11.6 Å². The van der Waals surface area contributed by atoms with Gasteiger partial charge >= 0.3 is 0 Å². The van der Waals surface area contributed by atoms with Gasteiger partial charge in [0.15, 0.2) is 0 Å². The van der Waals surface area contributed by atoms with E-state index in [4.69, 9.17) is 9.97 Å². The lowest BCUT2D eigenvalue weighted by Gasteiger charge is -2.07. The molecule has 4 heterocycles. The number of pyridine rings is 4. The van der Waals surface area contributed by atoms with E-state index in [2.05, 4.69) is 32.7 Å². The highest BCUT2D eigenvalue weighted by Crippen LogP contribution is 2.19. The molecule has 0 atom stereocenters. The van der Waals surface area contributed by atoms with Gasteiger partial charge in [-0.25, -0.2) is 9.97 Å². The fraction of sp³-hybridized carbons (Fsp3) is 0.200. The lowest BCUT2D eigenvalue weighted by atomic mass is 10.1. The van der Waals surface area contributed by atoms with Crippen LogP contribution in [0.15, 0.2) is 72.8 Å². The molecule has 0 aromatic carbocycles. The van der Waals surface area contributed by atoms with Crippen LogP contribution in [-0.4, -0.2) is 34.0 Å². The van der Waals surface area contributed by atoms with Crippen molar-refractivity contribution in [1.29, 1.82) is 0 Å². The maximum absolute atomic E-state index is 4.81. The van der Waals surface area contributed by atoms with E-state index in [0.717, 1.165) is 65.1 Å². The Morgan fingerprint density at radius 1 is 0.516 bits per heavy atom. The Balaban J connectivity index is 1.42. The Morgan fingerprint density at radius 3 is 1.32 bits per heavy atom. The van der Waals surface area contributed by atoms with Gasteiger partial charge in [-0.1, -0.05) is 24.3 Å². The molecular formula is C25H26N6. The highest BCUT2D eigenvalue weighted by molar-refractivity contribution is 5.58. The van der Waals surface area contributed by atoms with Gasteiger partial charge in [0, 0.05) is 25.5 Å². The minimum Gasteiger partial charge on any atom is -0.373 e. The number of nitrogens with one attached hydrogen (secondary N) is 2. The van der Waals surface area contributed by atoms with Gasteiger partial charge < -0.3 is 10.6 Å². The smallest absolute Gasteiger partial charge is 0.126 e. The predicted octanol–water partition coefficient (Wildman–Crippen LogP) is 4.86. The Morgan fingerprint density at radius 2 is 0.903 bits per heavy atom. The van der Waals surface area contributed by atoms with E-state index in [0.29, 0.717) is 0 Å². The number of rotatable bonds is 8. The zero-order valence-corrected chi connectivity index (χ0v) is 17.8. The van der Waals surface area contributed by atoms with Crippen LogP contribution in [0.4, 0.5) is 11.6 Å². The average Bonchev–Trinajstić information content (AvgIpc) is 2.84. The number of hydrogen-bond donors (Lipinski definition) is 2. The van der Waals surface area contributed by atoms with Crippen LogP contribution < -0.4 is 10.6 Å². The average molecular weight is 411 g/mol. The van der Waals surface area contributed by atoms with Crippen LogP contribution in [0.5, 0.6) is 0 Å². The topological polar surface area (TPSA) is 75.6 Å². The second-order valence-electron chi connectivity index (χ2n) is 7.20. The van der Waals surface area contributed by atoms with Crippen molar-refractivity contribution in [2.75, 3.05) is 24.7 Å². The van der Waals surface area contributed by atoms with Crippen molar-refractivity contribution in [3.8, 4) is 22.8 Å². The molecule has 0 bridgehead atoms. The summed E-state index contributed by atoms with van der Waals surface area (Å²) in [5.41, 5.74) is 5.66. The monoisotopic (exact) mass is 410 g/mol. The van der Waals surface area contributed by atoms with Crippen LogP contribution in [-0.2, 0) is 12.8 Å². The molecule has 0 saturated carbocycles. The van der Waals surface area contributed by atoms with E-state index in [-0.39, 0.29) is 0 Å². The highest BCUT2D eigenvalue weighted by Gasteiger charge is 2.06. The highest BCUT2D eigenvalue weighted by atomic mass is 15.0. The molecule has 0 aliphatic carbocycles. The molecule has 2 N–H and O–H groups in total. The van der Waals surface area contributed by atoms with Gasteiger partial charge in [-0.15, -0.1) is 0 Å². The van der Waals surface area contributed by atoms with Gasteiger partial charge in [-0.3, -0.25) is 9.97 Å². The fourth-order valence-corrected chi connectivity index (χ4v) is 3.41. The lowest BCUT2D eigenvalue weighted by molar-refractivity contribution is 0.782. The molecular weight excluding hydrogens is 384 g/mol. The SMILES string of the molecule is CNc1cccc(-c2cccc(CCCc3cccc(-c4cccc(NC)n4)n3)n2)n1. The minimum absolute atomic E-state index is 0.838. The zero-order chi connectivity index (χ0) is 21.5. The maximum atomic E-state index is 4.81. The van der Waals surface area contributed by atoms with Gasteiger partial charge in [-0.2, -0.15) is 0 Å². The second kappa shape index (κ2) is 9.80. The van der Waals surface area contributed by atoms with E-state index in [1.807, 2.05) is 74.8 Å². The fourth-order valence-electron chi connectivity index (χ4n) is 3.41. The van der Waals surface area contributed by atoms with Gasteiger partial charge in [0.05, 0.1) is 22.8 Å². The summed E-state index contributed by atoms with van der Waals surface area (Å²) in [6.07, 6.45) is 2.75. The third kappa shape index (κ3) is 5.22. The Kier molecular flexibility index (Phi) is 6.47. The molecule has 0 unspecified atom stereocenters. The summed E-state index contributed by atoms with van der Waals surface area (Å²) in [4.78, 5) is 18.8.